The van der Waals surface area contributed by atoms with Gasteiger partial charge in [-0.05, 0) is 31.1 Å². The molecule has 2 bridgehead atoms. The van der Waals surface area contributed by atoms with Crippen molar-refractivity contribution in [3.8, 4) is 0 Å². The molecule has 2 nitrogen and oxygen atoms in total. The lowest BCUT2D eigenvalue weighted by molar-refractivity contribution is 0.0769. The fraction of sp³-hybridized carbons (Fsp3) is 1.00. The van der Waals surface area contributed by atoms with Crippen LogP contribution in [-0.4, -0.2) is 40.7 Å². The zero-order valence-corrected chi connectivity index (χ0v) is 11.3. The van der Waals surface area contributed by atoms with E-state index in [2.05, 4.69) is 32.2 Å². The number of nitrogens with zero attached hydrogens (tertiary/aromatic N) is 1. The SMILES string of the molecule is BrC1C2CCC(C2)C1SN1CCOCC1. The second-order valence-electron chi connectivity index (χ2n) is 4.89. The Morgan fingerprint density at radius 2 is 1.87 bits per heavy atom. The largest absolute Gasteiger partial charge is 0.379 e. The van der Waals surface area contributed by atoms with Crippen LogP contribution in [0.3, 0.4) is 0 Å². The van der Waals surface area contributed by atoms with E-state index < -0.39 is 0 Å². The van der Waals surface area contributed by atoms with Crippen molar-refractivity contribution in [2.24, 2.45) is 11.8 Å². The summed E-state index contributed by atoms with van der Waals surface area (Å²) < 4.78 is 7.90. The Morgan fingerprint density at radius 3 is 2.53 bits per heavy atom. The Bertz CT molecular complexity index is 233. The van der Waals surface area contributed by atoms with E-state index >= 15 is 0 Å². The topological polar surface area (TPSA) is 12.5 Å². The number of halogens is 1. The van der Waals surface area contributed by atoms with Gasteiger partial charge in [0.15, 0.2) is 0 Å². The van der Waals surface area contributed by atoms with Crippen molar-refractivity contribution in [2.75, 3.05) is 26.3 Å². The van der Waals surface area contributed by atoms with Crippen LogP contribution in [0.1, 0.15) is 19.3 Å². The number of hydrogen-bond donors (Lipinski definition) is 0. The molecule has 0 spiro atoms. The molecule has 0 aromatic heterocycles. The molecule has 2 aliphatic carbocycles. The third-order valence-corrected chi connectivity index (χ3v) is 7.24. The number of morpholine rings is 1. The maximum Gasteiger partial charge on any atom is 0.0603 e. The van der Waals surface area contributed by atoms with Crippen LogP contribution in [0.5, 0.6) is 0 Å². The van der Waals surface area contributed by atoms with Crippen LogP contribution in [0.25, 0.3) is 0 Å². The van der Waals surface area contributed by atoms with Crippen molar-refractivity contribution in [3.05, 3.63) is 0 Å². The molecule has 3 rings (SSSR count). The lowest BCUT2D eigenvalue weighted by atomic mass is 10.0. The molecule has 0 aromatic carbocycles. The van der Waals surface area contributed by atoms with Gasteiger partial charge in [0, 0.05) is 23.2 Å². The Kier molecular flexibility index (Phi) is 3.30. The molecule has 3 fully saturated rings. The minimum atomic E-state index is 0.768. The quantitative estimate of drug-likeness (QED) is 0.573. The van der Waals surface area contributed by atoms with Crippen molar-refractivity contribution >= 4 is 27.9 Å². The second-order valence-corrected chi connectivity index (χ2v) is 7.22. The molecule has 86 valence electrons. The lowest BCUT2D eigenvalue weighted by Crippen LogP contribution is -2.36. The van der Waals surface area contributed by atoms with Crippen molar-refractivity contribution < 1.29 is 4.74 Å². The molecule has 4 atom stereocenters. The van der Waals surface area contributed by atoms with Gasteiger partial charge in [-0.15, -0.1) is 0 Å². The van der Waals surface area contributed by atoms with Gasteiger partial charge >= 0.3 is 0 Å². The molecule has 1 heterocycles. The molecular weight excluding hydrogens is 274 g/mol. The zero-order valence-electron chi connectivity index (χ0n) is 8.90. The Balaban J connectivity index is 1.58. The summed E-state index contributed by atoms with van der Waals surface area (Å²) >= 11 is 6.02. The van der Waals surface area contributed by atoms with Gasteiger partial charge in [0.1, 0.15) is 0 Å². The van der Waals surface area contributed by atoms with E-state index in [-0.39, 0.29) is 0 Å². The number of ether oxygens (including phenoxy) is 1. The van der Waals surface area contributed by atoms with Crippen LogP contribution in [0.15, 0.2) is 0 Å². The van der Waals surface area contributed by atoms with Gasteiger partial charge in [0.25, 0.3) is 0 Å². The van der Waals surface area contributed by atoms with Gasteiger partial charge in [0.05, 0.1) is 13.2 Å². The number of rotatable bonds is 2. The van der Waals surface area contributed by atoms with E-state index in [0.717, 1.165) is 48.2 Å². The van der Waals surface area contributed by atoms with Gasteiger partial charge in [-0.3, -0.25) is 0 Å². The second kappa shape index (κ2) is 4.55. The Morgan fingerprint density at radius 1 is 1.13 bits per heavy atom. The normalized spacial score (nSPS) is 46.2. The average molecular weight is 292 g/mol. The smallest absolute Gasteiger partial charge is 0.0603 e. The predicted octanol–water partition coefficient (Wildman–Crippen LogP) is 2.53. The van der Waals surface area contributed by atoms with Crippen LogP contribution in [0, 0.1) is 11.8 Å². The van der Waals surface area contributed by atoms with E-state index in [1.165, 1.54) is 19.3 Å². The van der Waals surface area contributed by atoms with Crippen LogP contribution in [0.4, 0.5) is 0 Å². The van der Waals surface area contributed by atoms with E-state index in [1.807, 2.05) is 0 Å². The highest BCUT2D eigenvalue weighted by molar-refractivity contribution is 9.09. The van der Waals surface area contributed by atoms with Gasteiger partial charge in [-0.2, -0.15) is 0 Å². The maximum absolute atomic E-state index is 5.39. The highest BCUT2D eigenvalue weighted by atomic mass is 79.9. The molecule has 1 aliphatic heterocycles. The highest BCUT2D eigenvalue weighted by Crippen LogP contribution is 2.53. The summed E-state index contributed by atoms with van der Waals surface area (Å²) in [5.41, 5.74) is 0. The van der Waals surface area contributed by atoms with Crippen molar-refractivity contribution in [1.29, 1.82) is 0 Å². The summed E-state index contributed by atoms with van der Waals surface area (Å²) in [6, 6.07) is 0. The first-order chi connectivity index (χ1) is 7.34. The monoisotopic (exact) mass is 291 g/mol. The molecule has 4 heteroatoms. The number of hydrogen-bond acceptors (Lipinski definition) is 3. The molecule has 0 amide bonds. The highest BCUT2D eigenvalue weighted by Gasteiger charge is 2.47. The molecule has 2 saturated carbocycles. The van der Waals surface area contributed by atoms with Crippen LogP contribution >= 0.6 is 27.9 Å². The maximum atomic E-state index is 5.39. The minimum absolute atomic E-state index is 0.768. The summed E-state index contributed by atoms with van der Waals surface area (Å²) in [6.07, 6.45) is 4.40. The van der Waals surface area contributed by atoms with Crippen molar-refractivity contribution in [2.45, 2.75) is 29.3 Å². The first kappa shape index (κ1) is 10.9. The van der Waals surface area contributed by atoms with E-state index in [0.29, 0.717) is 0 Å². The van der Waals surface area contributed by atoms with E-state index in [1.54, 1.807) is 0 Å². The molecule has 4 unspecified atom stereocenters. The van der Waals surface area contributed by atoms with E-state index in [4.69, 9.17) is 4.74 Å². The number of alkyl halides is 1. The standard InChI is InChI=1S/C11H18BrNOS/c12-10-8-1-2-9(7-8)11(10)15-13-3-5-14-6-4-13/h8-11H,1-7H2. The Hall–Kier alpha value is 0.750. The van der Waals surface area contributed by atoms with Crippen LogP contribution in [-0.2, 0) is 4.74 Å². The molecule has 3 aliphatic rings. The van der Waals surface area contributed by atoms with Gasteiger partial charge in [-0.1, -0.05) is 27.9 Å². The minimum Gasteiger partial charge on any atom is -0.379 e. The zero-order chi connectivity index (χ0) is 10.3. The third kappa shape index (κ3) is 2.11. The van der Waals surface area contributed by atoms with Crippen LogP contribution < -0.4 is 0 Å². The Labute approximate surface area is 104 Å². The summed E-state index contributed by atoms with van der Waals surface area (Å²) in [4.78, 5) is 0.768. The number of fused-ring (bicyclic) bond motifs is 2. The van der Waals surface area contributed by atoms with Gasteiger partial charge < -0.3 is 4.74 Å². The molecule has 0 aromatic rings. The van der Waals surface area contributed by atoms with Crippen molar-refractivity contribution in [1.82, 2.24) is 4.31 Å². The fourth-order valence-corrected chi connectivity index (χ4v) is 5.80. The van der Waals surface area contributed by atoms with E-state index in [9.17, 15) is 0 Å². The molecular formula is C11H18BrNOS. The molecule has 0 N–H and O–H groups in total. The summed E-state index contributed by atoms with van der Waals surface area (Å²) in [5, 5.41) is 0.835. The molecule has 0 radical (unpaired) electrons. The van der Waals surface area contributed by atoms with Gasteiger partial charge in [-0.25, -0.2) is 4.31 Å². The lowest BCUT2D eigenvalue weighted by Gasteiger charge is -2.33. The summed E-state index contributed by atoms with van der Waals surface area (Å²) in [5.74, 6) is 1.95. The first-order valence-corrected chi connectivity index (χ1v) is 7.73. The summed E-state index contributed by atoms with van der Waals surface area (Å²) in [6.45, 7) is 4.05. The predicted molar refractivity (Wildman–Crippen MR) is 67.3 cm³/mol. The van der Waals surface area contributed by atoms with Gasteiger partial charge in [0.2, 0.25) is 0 Å². The van der Waals surface area contributed by atoms with Crippen molar-refractivity contribution in [3.63, 3.8) is 0 Å². The summed E-state index contributed by atoms with van der Waals surface area (Å²) in [7, 11) is 0. The fourth-order valence-electron chi connectivity index (χ4n) is 3.14. The third-order valence-electron chi connectivity index (χ3n) is 3.98. The first-order valence-electron chi connectivity index (χ1n) is 5.98. The average Bonchev–Trinajstić information content (AvgIpc) is 2.84. The van der Waals surface area contributed by atoms with Crippen LogP contribution in [0.2, 0.25) is 0 Å². The molecule has 15 heavy (non-hydrogen) atoms. The molecule has 1 saturated heterocycles.